The summed E-state index contributed by atoms with van der Waals surface area (Å²) in [5.74, 6) is -0.911. The fraction of sp³-hybridized carbons (Fsp3) is 0.292. The fourth-order valence-electron chi connectivity index (χ4n) is 4.00. The maximum absolute atomic E-state index is 13.0. The molecular formula is C24H26N4O5S. The van der Waals surface area contributed by atoms with Gasteiger partial charge in [0.15, 0.2) is 0 Å². The third-order valence-corrected chi connectivity index (χ3v) is 7.21. The van der Waals surface area contributed by atoms with E-state index >= 15 is 0 Å². The van der Waals surface area contributed by atoms with Crippen LogP contribution in [0.4, 0.5) is 5.69 Å². The van der Waals surface area contributed by atoms with E-state index in [-0.39, 0.29) is 17.2 Å². The second-order valence-electron chi connectivity index (χ2n) is 8.15. The molecule has 1 aliphatic heterocycles. The summed E-state index contributed by atoms with van der Waals surface area (Å²) in [6.45, 7) is 3.22. The molecular weight excluding hydrogens is 456 g/mol. The number of fused-ring (bicyclic) bond motifs is 1. The molecule has 2 N–H and O–H groups in total. The summed E-state index contributed by atoms with van der Waals surface area (Å²) in [5.41, 5.74) is 1.23. The van der Waals surface area contributed by atoms with Crippen LogP contribution in [-0.4, -0.2) is 72.9 Å². The number of amides is 1. The van der Waals surface area contributed by atoms with Gasteiger partial charge in [0.05, 0.1) is 5.52 Å². The Morgan fingerprint density at radius 2 is 1.68 bits per heavy atom. The molecule has 2 heterocycles. The number of anilines is 1. The van der Waals surface area contributed by atoms with Crippen LogP contribution in [0.3, 0.4) is 0 Å². The Balaban J connectivity index is 1.38. The van der Waals surface area contributed by atoms with Crippen LogP contribution in [0.5, 0.6) is 0 Å². The second-order valence-corrected chi connectivity index (χ2v) is 9.80. The average molecular weight is 483 g/mol. The summed E-state index contributed by atoms with van der Waals surface area (Å²) in [6.07, 6.45) is 2.29. The molecule has 0 aliphatic carbocycles. The highest BCUT2D eigenvalue weighted by Gasteiger charge is 2.23. The lowest BCUT2D eigenvalue weighted by Gasteiger charge is -2.34. The number of sulfonamides is 1. The minimum Gasteiger partial charge on any atom is -0.481 e. The van der Waals surface area contributed by atoms with Crippen molar-refractivity contribution in [3.05, 3.63) is 66.4 Å². The van der Waals surface area contributed by atoms with E-state index in [1.165, 1.54) is 6.07 Å². The molecule has 1 aliphatic rings. The van der Waals surface area contributed by atoms with Crippen LogP contribution in [-0.2, 0) is 14.8 Å². The molecule has 0 spiro atoms. The Morgan fingerprint density at radius 3 is 2.38 bits per heavy atom. The second kappa shape index (κ2) is 10.2. The predicted molar refractivity (Wildman–Crippen MR) is 128 cm³/mol. The van der Waals surface area contributed by atoms with Gasteiger partial charge < -0.3 is 10.0 Å². The number of aliphatic carboxylic acids is 1. The van der Waals surface area contributed by atoms with E-state index in [1.54, 1.807) is 59.6 Å². The normalized spacial score (nSPS) is 14.8. The van der Waals surface area contributed by atoms with E-state index in [0.29, 0.717) is 55.9 Å². The number of nitrogens with one attached hydrogen (secondary N) is 1. The van der Waals surface area contributed by atoms with Gasteiger partial charge >= 0.3 is 5.97 Å². The number of aromatic nitrogens is 1. The molecule has 1 amide bonds. The molecule has 34 heavy (non-hydrogen) atoms. The number of carbonyl (C=O) groups excluding carboxylic acids is 1. The highest BCUT2D eigenvalue weighted by atomic mass is 32.2. The summed E-state index contributed by atoms with van der Waals surface area (Å²) >= 11 is 0. The number of pyridine rings is 1. The van der Waals surface area contributed by atoms with Crippen molar-refractivity contribution in [2.24, 2.45) is 0 Å². The first-order valence-electron chi connectivity index (χ1n) is 11.0. The van der Waals surface area contributed by atoms with Gasteiger partial charge in [-0.2, -0.15) is 0 Å². The highest BCUT2D eigenvalue weighted by Crippen LogP contribution is 2.23. The number of carboxylic acid groups (broad SMARTS) is 1. The minimum atomic E-state index is -3.86. The Kier molecular flexibility index (Phi) is 7.09. The van der Waals surface area contributed by atoms with E-state index in [4.69, 9.17) is 5.11 Å². The van der Waals surface area contributed by atoms with Gasteiger partial charge in [0.2, 0.25) is 0 Å². The molecule has 9 nitrogen and oxygen atoms in total. The van der Waals surface area contributed by atoms with Crippen molar-refractivity contribution in [1.82, 2.24) is 14.8 Å². The van der Waals surface area contributed by atoms with Crippen molar-refractivity contribution in [3.8, 4) is 0 Å². The SMILES string of the molecule is O=C(O)CCCN1CCN(C(=O)c2ccc(NS(=O)(=O)c3cccc4cccnc34)cc2)CC1. The standard InChI is InChI=1S/C24H26N4O5S/c29-22(30)7-3-13-27-14-16-28(17-15-27)24(31)19-8-10-20(11-9-19)26-34(32,33)21-6-1-4-18-5-2-12-25-23(18)21/h1-2,4-6,8-12,26H,3,7,13-17H2,(H,29,30). The van der Waals surface area contributed by atoms with Gasteiger partial charge in [-0.3, -0.25) is 24.2 Å². The molecule has 0 radical (unpaired) electrons. The van der Waals surface area contributed by atoms with E-state index in [1.807, 2.05) is 0 Å². The molecule has 178 valence electrons. The molecule has 0 bridgehead atoms. The van der Waals surface area contributed by atoms with Crippen molar-refractivity contribution in [2.45, 2.75) is 17.7 Å². The number of hydrogen-bond acceptors (Lipinski definition) is 6. The lowest BCUT2D eigenvalue weighted by molar-refractivity contribution is -0.137. The molecule has 2 aromatic carbocycles. The molecule has 0 saturated carbocycles. The van der Waals surface area contributed by atoms with Crippen molar-refractivity contribution in [3.63, 3.8) is 0 Å². The van der Waals surface area contributed by atoms with E-state index in [2.05, 4.69) is 14.6 Å². The van der Waals surface area contributed by atoms with Crippen molar-refractivity contribution >= 4 is 38.5 Å². The van der Waals surface area contributed by atoms with Gasteiger partial charge in [0.1, 0.15) is 4.90 Å². The first-order valence-corrected chi connectivity index (χ1v) is 12.5. The number of carbonyl (C=O) groups is 2. The number of rotatable bonds is 8. The molecule has 10 heteroatoms. The predicted octanol–water partition coefficient (Wildman–Crippen LogP) is 2.66. The lowest BCUT2D eigenvalue weighted by atomic mass is 10.1. The molecule has 0 atom stereocenters. The van der Waals surface area contributed by atoms with Gasteiger partial charge in [-0.15, -0.1) is 0 Å². The van der Waals surface area contributed by atoms with Gasteiger partial charge in [0, 0.05) is 55.4 Å². The van der Waals surface area contributed by atoms with Crippen LogP contribution in [0.2, 0.25) is 0 Å². The van der Waals surface area contributed by atoms with Gasteiger partial charge in [-0.25, -0.2) is 8.42 Å². The van der Waals surface area contributed by atoms with Gasteiger partial charge in [0.25, 0.3) is 15.9 Å². The van der Waals surface area contributed by atoms with E-state index < -0.39 is 16.0 Å². The summed E-state index contributed by atoms with van der Waals surface area (Å²) < 4.78 is 28.5. The van der Waals surface area contributed by atoms with Crippen LogP contribution in [0.15, 0.2) is 65.7 Å². The van der Waals surface area contributed by atoms with Crippen LogP contribution >= 0.6 is 0 Å². The van der Waals surface area contributed by atoms with Crippen LogP contribution in [0, 0.1) is 0 Å². The zero-order valence-corrected chi connectivity index (χ0v) is 19.4. The quantitative estimate of drug-likeness (QED) is 0.506. The number of nitrogens with zero attached hydrogens (tertiary/aromatic N) is 3. The van der Waals surface area contributed by atoms with Crippen molar-refractivity contribution in [1.29, 1.82) is 0 Å². The maximum Gasteiger partial charge on any atom is 0.303 e. The molecule has 1 aromatic heterocycles. The van der Waals surface area contributed by atoms with Crippen LogP contribution < -0.4 is 4.72 Å². The van der Waals surface area contributed by atoms with Gasteiger partial charge in [-0.1, -0.05) is 18.2 Å². The summed E-state index contributed by atoms with van der Waals surface area (Å²) in [7, 11) is -3.86. The Bertz CT molecular complexity index is 1280. The Hall–Kier alpha value is -3.50. The summed E-state index contributed by atoms with van der Waals surface area (Å²) in [5, 5.41) is 9.48. The number of piperazine rings is 1. The topological polar surface area (TPSA) is 120 Å². The van der Waals surface area contributed by atoms with Crippen molar-refractivity contribution in [2.75, 3.05) is 37.4 Å². The Morgan fingerprint density at radius 1 is 0.971 bits per heavy atom. The van der Waals surface area contributed by atoms with Crippen LogP contribution in [0.25, 0.3) is 10.9 Å². The van der Waals surface area contributed by atoms with E-state index in [9.17, 15) is 18.0 Å². The fourth-order valence-corrected chi connectivity index (χ4v) is 5.23. The number of para-hydroxylation sites is 1. The molecule has 1 fully saturated rings. The molecule has 4 rings (SSSR count). The van der Waals surface area contributed by atoms with Crippen LogP contribution in [0.1, 0.15) is 23.2 Å². The number of benzene rings is 2. The number of hydrogen-bond donors (Lipinski definition) is 2. The first-order chi connectivity index (χ1) is 16.3. The zero-order chi connectivity index (χ0) is 24.1. The monoisotopic (exact) mass is 482 g/mol. The van der Waals surface area contributed by atoms with E-state index in [0.717, 1.165) is 5.39 Å². The zero-order valence-electron chi connectivity index (χ0n) is 18.6. The molecule has 3 aromatic rings. The lowest BCUT2D eigenvalue weighted by Crippen LogP contribution is -2.48. The average Bonchev–Trinajstić information content (AvgIpc) is 2.84. The maximum atomic E-state index is 13.0. The third-order valence-electron chi connectivity index (χ3n) is 5.79. The third kappa shape index (κ3) is 5.52. The first kappa shape index (κ1) is 23.7. The Labute approximate surface area is 198 Å². The molecule has 1 saturated heterocycles. The largest absolute Gasteiger partial charge is 0.481 e. The smallest absolute Gasteiger partial charge is 0.303 e. The van der Waals surface area contributed by atoms with Gasteiger partial charge in [-0.05, 0) is 49.4 Å². The summed E-state index contributed by atoms with van der Waals surface area (Å²) in [6, 6.07) is 14.9. The summed E-state index contributed by atoms with van der Waals surface area (Å²) in [4.78, 5) is 31.7. The number of carboxylic acids is 1. The minimum absolute atomic E-state index is 0.0898. The molecule has 0 unspecified atom stereocenters. The highest BCUT2D eigenvalue weighted by molar-refractivity contribution is 7.93. The van der Waals surface area contributed by atoms with Crippen molar-refractivity contribution < 1.29 is 23.1 Å².